The molecule has 5 N–H and O–H groups in total. The van der Waals surface area contributed by atoms with Crippen molar-refractivity contribution in [3.63, 3.8) is 0 Å². The van der Waals surface area contributed by atoms with Crippen LogP contribution in [0.25, 0.3) is 16.9 Å². The SMILES string of the molecule is CC1(C)CCc2c(-c3cn[nH]c3)nn(-c3ccc(C(N)=O)c(NC4CCC(O)CC4)c3)c2C1. The van der Waals surface area contributed by atoms with Gasteiger partial charge in [0.2, 0.25) is 0 Å². The fraction of sp³-hybridized carbons (Fsp3) is 0.480. The number of aromatic amines is 1. The Morgan fingerprint density at radius 3 is 2.76 bits per heavy atom. The van der Waals surface area contributed by atoms with E-state index >= 15 is 0 Å². The van der Waals surface area contributed by atoms with Crippen molar-refractivity contribution in [1.29, 1.82) is 0 Å². The molecule has 0 bridgehead atoms. The first-order valence-corrected chi connectivity index (χ1v) is 11.8. The lowest BCUT2D eigenvalue weighted by atomic mass is 9.76. The summed E-state index contributed by atoms with van der Waals surface area (Å²) < 4.78 is 2.03. The average Bonchev–Trinajstić information content (AvgIpc) is 3.42. The molecular weight excluding hydrogens is 416 g/mol. The summed E-state index contributed by atoms with van der Waals surface area (Å²) in [4.78, 5) is 12.2. The van der Waals surface area contributed by atoms with Crippen LogP contribution in [0.2, 0.25) is 0 Å². The zero-order valence-corrected chi connectivity index (χ0v) is 19.3. The van der Waals surface area contributed by atoms with Gasteiger partial charge in [0, 0.05) is 34.7 Å². The van der Waals surface area contributed by atoms with Crippen LogP contribution in [0.5, 0.6) is 0 Å². The van der Waals surface area contributed by atoms with Crippen LogP contribution in [0.3, 0.4) is 0 Å². The van der Waals surface area contributed by atoms with Gasteiger partial charge in [-0.1, -0.05) is 13.8 Å². The van der Waals surface area contributed by atoms with E-state index in [1.165, 1.54) is 11.3 Å². The summed E-state index contributed by atoms with van der Waals surface area (Å²) in [5.41, 5.74) is 12.4. The van der Waals surface area contributed by atoms with Gasteiger partial charge in [-0.05, 0) is 68.6 Å². The topological polar surface area (TPSA) is 122 Å². The molecule has 1 amide bonds. The minimum absolute atomic E-state index is 0.190. The van der Waals surface area contributed by atoms with E-state index in [0.29, 0.717) is 5.56 Å². The maximum absolute atomic E-state index is 12.2. The minimum Gasteiger partial charge on any atom is -0.393 e. The lowest BCUT2D eigenvalue weighted by Crippen LogP contribution is -2.29. The molecule has 0 saturated heterocycles. The number of nitrogens with one attached hydrogen (secondary N) is 2. The summed E-state index contributed by atoms with van der Waals surface area (Å²) in [5.74, 6) is -0.456. The van der Waals surface area contributed by atoms with Crippen LogP contribution in [0, 0.1) is 5.41 Å². The molecule has 0 unspecified atom stereocenters. The molecular formula is C25H32N6O2. The van der Waals surface area contributed by atoms with E-state index in [0.717, 1.165) is 67.6 Å². The number of anilines is 1. The summed E-state index contributed by atoms with van der Waals surface area (Å²) in [6, 6.07) is 5.90. The van der Waals surface area contributed by atoms with Gasteiger partial charge in [0.15, 0.2) is 0 Å². The van der Waals surface area contributed by atoms with Crippen molar-refractivity contribution >= 4 is 11.6 Å². The van der Waals surface area contributed by atoms with E-state index in [1.54, 1.807) is 6.07 Å². The molecule has 5 rings (SSSR count). The zero-order chi connectivity index (χ0) is 23.2. The van der Waals surface area contributed by atoms with E-state index in [2.05, 4.69) is 29.4 Å². The fourth-order valence-electron chi connectivity index (χ4n) is 5.20. The highest BCUT2D eigenvalue weighted by Gasteiger charge is 2.32. The van der Waals surface area contributed by atoms with Crippen molar-refractivity contribution in [2.45, 2.75) is 70.9 Å². The molecule has 2 aliphatic carbocycles. The number of rotatable bonds is 5. The Morgan fingerprint density at radius 1 is 1.27 bits per heavy atom. The minimum atomic E-state index is -0.456. The molecule has 2 aliphatic rings. The molecule has 1 fully saturated rings. The van der Waals surface area contributed by atoms with Gasteiger partial charge in [0.25, 0.3) is 5.91 Å². The number of H-pyrrole nitrogens is 1. The first-order chi connectivity index (χ1) is 15.8. The van der Waals surface area contributed by atoms with Crippen LogP contribution in [-0.4, -0.2) is 43.1 Å². The van der Waals surface area contributed by atoms with Gasteiger partial charge < -0.3 is 16.2 Å². The van der Waals surface area contributed by atoms with Crippen molar-refractivity contribution in [1.82, 2.24) is 20.0 Å². The quantitative estimate of drug-likeness (QED) is 0.475. The van der Waals surface area contributed by atoms with Crippen LogP contribution < -0.4 is 11.1 Å². The second-order valence-corrected chi connectivity index (χ2v) is 10.3. The van der Waals surface area contributed by atoms with Crippen LogP contribution in [0.1, 0.15) is 67.6 Å². The number of aromatic nitrogens is 4. The Kier molecular flexibility index (Phi) is 5.48. The number of nitrogens with two attached hydrogens (primary N) is 1. The second-order valence-electron chi connectivity index (χ2n) is 10.3. The molecule has 0 spiro atoms. The van der Waals surface area contributed by atoms with Gasteiger partial charge in [-0.15, -0.1) is 0 Å². The van der Waals surface area contributed by atoms with Gasteiger partial charge in [-0.2, -0.15) is 10.2 Å². The standard InChI is InChI=1S/C25H32N6O2/c1-25(2)10-9-20-22(12-25)31(30-23(20)15-13-27-28-14-15)17-5-8-19(24(26)33)21(11-17)29-16-3-6-18(32)7-4-16/h5,8,11,13-14,16,18,29,32H,3-4,6-7,9-10,12H2,1-2H3,(H2,26,33)(H,27,28). The van der Waals surface area contributed by atoms with E-state index in [-0.39, 0.29) is 17.6 Å². The van der Waals surface area contributed by atoms with Crippen LogP contribution in [0.4, 0.5) is 5.69 Å². The Morgan fingerprint density at radius 2 is 2.06 bits per heavy atom. The monoisotopic (exact) mass is 448 g/mol. The Labute approximate surface area is 193 Å². The third-order valence-electron chi connectivity index (χ3n) is 7.13. The van der Waals surface area contributed by atoms with Crippen LogP contribution in [0.15, 0.2) is 30.6 Å². The normalized spacial score (nSPS) is 22.0. The average molecular weight is 449 g/mol. The number of aliphatic hydroxyl groups is 1. The molecule has 0 atom stereocenters. The molecule has 3 aromatic rings. The summed E-state index contributed by atoms with van der Waals surface area (Å²) in [7, 11) is 0. The van der Waals surface area contributed by atoms with E-state index in [9.17, 15) is 9.90 Å². The molecule has 1 aromatic carbocycles. The van der Waals surface area contributed by atoms with Gasteiger partial charge in [-0.3, -0.25) is 9.89 Å². The lowest BCUT2D eigenvalue weighted by Gasteiger charge is -2.30. The van der Waals surface area contributed by atoms with Crippen molar-refractivity contribution in [2.75, 3.05) is 5.32 Å². The molecule has 1 saturated carbocycles. The number of aliphatic hydroxyl groups excluding tert-OH is 1. The highest BCUT2D eigenvalue weighted by Crippen LogP contribution is 2.40. The Bertz CT molecular complexity index is 1160. The molecule has 0 aliphatic heterocycles. The summed E-state index contributed by atoms with van der Waals surface area (Å²) in [5, 5.41) is 25.4. The number of fused-ring (bicyclic) bond motifs is 1. The van der Waals surface area contributed by atoms with E-state index < -0.39 is 5.91 Å². The summed E-state index contributed by atoms with van der Waals surface area (Å²) in [6.45, 7) is 4.59. The molecule has 174 valence electrons. The number of carbonyl (C=O) groups excluding carboxylic acids is 1. The van der Waals surface area contributed by atoms with Gasteiger partial charge in [0.05, 0.1) is 29.2 Å². The van der Waals surface area contributed by atoms with Crippen molar-refractivity contribution in [3.8, 4) is 16.9 Å². The molecule has 8 heteroatoms. The summed E-state index contributed by atoms with van der Waals surface area (Å²) in [6.07, 6.45) is 9.71. The molecule has 33 heavy (non-hydrogen) atoms. The van der Waals surface area contributed by atoms with Gasteiger partial charge in [0.1, 0.15) is 0 Å². The smallest absolute Gasteiger partial charge is 0.250 e. The number of hydrogen-bond donors (Lipinski definition) is 4. The first kappa shape index (κ1) is 21.7. The molecule has 2 aromatic heterocycles. The van der Waals surface area contributed by atoms with Crippen molar-refractivity contribution in [3.05, 3.63) is 47.4 Å². The van der Waals surface area contributed by atoms with E-state index in [4.69, 9.17) is 10.8 Å². The fourth-order valence-corrected chi connectivity index (χ4v) is 5.20. The van der Waals surface area contributed by atoms with Gasteiger partial charge in [-0.25, -0.2) is 4.68 Å². The van der Waals surface area contributed by atoms with Gasteiger partial charge >= 0.3 is 0 Å². The highest BCUT2D eigenvalue weighted by atomic mass is 16.3. The number of amides is 1. The largest absolute Gasteiger partial charge is 0.393 e. The number of nitrogens with zero attached hydrogens (tertiary/aromatic N) is 3. The predicted molar refractivity (Wildman–Crippen MR) is 127 cm³/mol. The number of primary amides is 1. The predicted octanol–water partition coefficient (Wildman–Crippen LogP) is 3.59. The number of hydrogen-bond acceptors (Lipinski definition) is 5. The van der Waals surface area contributed by atoms with E-state index in [1.807, 2.05) is 29.2 Å². The summed E-state index contributed by atoms with van der Waals surface area (Å²) >= 11 is 0. The number of benzene rings is 1. The first-order valence-electron chi connectivity index (χ1n) is 11.8. The lowest BCUT2D eigenvalue weighted by molar-refractivity contribution is 0.100. The molecule has 0 radical (unpaired) electrons. The van der Waals surface area contributed by atoms with Crippen molar-refractivity contribution < 1.29 is 9.90 Å². The second kappa shape index (κ2) is 8.33. The Hall–Kier alpha value is -3.13. The maximum atomic E-state index is 12.2. The number of carbonyl (C=O) groups is 1. The molecule has 2 heterocycles. The third kappa shape index (κ3) is 4.27. The highest BCUT2D eigenvalue weighted by molar-refractivity contribution is 5.99. The maximum Gasteiger partial charge on any atom is 0.250 e. The zero-order valence-electron chi connectivity index (χ0n) is 19.3. The van der Waals surface area contributed by atoms with Crippen LogP contribution in [-0.2, 0) is 12.8 Å². The van der Waals surface area contributed by atoms with Crippen molar-refractivity contribution in [2.24, 2.45) is 11.1 Å². The van der Waals surface area contributed by atoms with Crippen LogP contribution >= 0.6 is 0 Å². The Balaban J connectivity index is 1.57. The molecule has 8 nitrogen and oxygen atoms in total. The third-order valence-corrected chi connectivity index (χ3v) is 7.13.